The van der Waals surface area contributed by atoms with Crippen molar-refractivity contribution in [2.24, 2.45) is 0 Å². The van der Waals surface area contributed by atoms with Gasteiger partial charge < -0.3 is 15.4 Å². The fraction of sp³-hybridized carbons (Fsp3) is 0.364. The molecule has 0 aliphatic rings. The van der Waals surface area contributed by atoms with E-state index in [0.29, 0.717) is 23.3 Å². The number of nitrogens with one attached hydrogen (secondary N) is 2. The van der Waals surface area contributed by atoms with Gasteiger partial charge in [-0.05, 0) is 28.1 Å². The number of anilines is 1. The Hall–Kier alpha value is -0.850. The first kappa shape index (κ1) is 15.2. The minimum Gasteiger partial charge on any atom is -0.383 e. The van der Waals surface area contributed by atoms with Crippen LogP contribution >= 0.6 is 27.5 Å². The molecule has 0 saturated heterocycles. The van der Waals surface area contributed by atoms with Crippen molar-refractivity contribution in [1.82, 2.24) is 5.32 Å². The minimum absolute atomic E-state index is 0.0493. The number of ether oxygens (including phenoxy) is 1. The first-order chi connectivity index (χ1) is 8.54. The van der Waals surface area contributed by atoms with E-state index in [2.05, 4.69) is 26.6 Å². The van der Waals surface area contributed by atoms with Crippen molar-refractivity contribution in [1.29, 1.82) is 0 Å². The molecule has 1 rings (SSSR count). The highest BCUT2D eigenvalue weighted by molar-refractivity contribution is 9.10. The molecule has 0 radical (unpaired) electrons. The van der Waals surface area contributed by atoms with Crippen molar-refractivity contribution in [3.63, 3.8) is 0 Å². The van der Waals surface area contributed by atoms with Gasteiger partial charge in [-0.1, -0.05) is 11.6 Å². The fourth-order valence-electron chi connectivity index (χ4n) is 1.23. The summed E-state index contributed by atoms with van der Waals surface area (Å²) in [6, 6.07) is 2.45. The molecule has 4 nitrogen and oxygen atoms in total. The van der Waals surface area contributed by atoms with E-state index in [4.69, 9.17) is 16.3 Å². The molecule has 0 saturated carbocycles. The van der Waals surface area contributed by atoms with Gasteiger partial charge in [-0.2, -0.15) is 0 Å². The monoisotopic (exact) mass is 338 g/mol. The number of hydrogen-bond acceptors (Lipinski definition) is 3. The van der Waals surface area contributed by atoms with E-state index in [1.165, 1.54) is 12.1 Å². The highest BCUT2D eigenvalue weighted by atomic mass is 79.9. The standard InChI is InChI=1S/C11H13BrClFN2O2/c1-18-3-2-15-10(17)6-16-11-8(12)4-7(14)5-9(11)13/h4-5,16H,2-3,6H2,1H3,(H,15,17). The lowest BCUT2D eigenvalue weighted by molar-refractivity contribution is -0.119. The summed E-state index contributed by atoms with van der Waals surface area (Å²) in [5.41, 5.74) is 0.486. The van der Waals surface area contributed by atoms with Gasteiger partial charge >= 0.3 is 0 Å². The molecule has 0 spiro atoms. The lowest BCUT2D eigenvalue weighted by Gasteiger charge is -2.11. The molecule has 1 aromatic carbocycles. The number of hydrogen-bond donors (Lipinski definition) is 2. The SMILES string of the molecule is COCCNC(=O)CNc1c(Cl)cc(F)cc1Br. The van der Waals surface area contributed by atoms with Gasteiger partial charge in [-0.15, -0.1) is 0 Å². The van der Waals surface area contributed by atoms with Gasteiger partial charge in [0, 0.05) is 18.1 Å². The molecular weight excluding hydrogens is 326 g/mol. The molecule has 0 aliphatic heterocycles. The van der Waals surface area contributed by atoms with E-state index in [9.17, 15) is 9.18 Å². The molecule has 0 aromatic heterocycles. The smallest absolute Gasteiger partial charge is 0.239 e. The zero-order valence-corrected chi connectivity index (χ0v) is 12.1. The zero-order valence-electron chi connectivity index (χ0n) is 9.73. The first-order valence-corrected chi connectivity index (χ1v) is 6.35. The Morgan fingerprint density at radius 1 is 1.56 bits per heavy atom. The highest BCUT2D eigenvalue weighted by Gasteiger charge is 2.09. The maximum Gasteiger partial charge on any atom is 0.239 e. The van der Waals surface area contributed by atoms with Gasteiger partial charge in [0.2, 0.25) is 5.91 Å². The van der Waals surface area contributed by atoms with Gasteiger partial charge in [-0.25, -0.2) is 4.39 Å². The van der Waals surface area contributed by atoms with Gasteiger partial charge in [0.1, 0.15) is 5.82 Å². The largest absolute Gasteiger partial charge is 0.383 e. The molecule has 0 unspecified atom stereocenters. The van der Waals surface area contributed by atoms with Crippen LogP contribution in [0.1, 0.15) is 0 Å². The molecule has 2 N–H and O–H groups in total. The third-order valence-corrected chi connectivity index (χ3v) is 2.98. The molecule has 0 bridgehead atoms. The lowest BCUT2D eigenvalue weighted by Crippen LogP contribution is -2.32. The Labute approximate surface area is 118 Å². The third-order valence-electron chi connectivity index (χ3n) is 2.06. The molecular formula is C11H13BrClFN2O2. The number of carbonyl (C=O) groups excluding carboxylic acids is 1. The number of halogens is 3. The minimum atomic E-state index is -0.443. The summed E-state index contributed by atoms with van der Waals surface area (Å²) in [4.78, 5) is 11.4. The normalized spacial score (nSPS) is 10.2. The quantitative estimate of drug-likeness (QED) is 0.783. The summed E-state index contributed by atoms with van der Waals surface area (Å²) >= 11 is 9.03. The van der Waals surface area contributed by atoms with Crippen molar-refractivity contribution in [3.8, 4) is 0 Å². The van der Waals surface area contributed by atoms with Crippen LogP contribution in [0.2, 0.25) is 5.02 Å². The highest BCUT2D eigenvalue weighted by Crippen LogP contribution is 2.31. The Morgan fingerprint density at radius 3 is 2.89 bits per heavy atom. The Kier molecular flexibility index (Phi) is 6.38. The summed E-state index contributed by atoms with van der Waals surface area (Å²) < 4.78 is 18.2. The van der Waals surface area contributed by atoms with Crippen LogP contribution in [0.25, 0.3) is 0 Å². The van der Waals surface area contributed by atoms with Crippen LogP contribution in [0.15, 0.2) is 16.6 Å². The van der Waals surface area contributed by atoms with E-state index < -0.39 is 5.82 Å². The summed E-state index contributed by atoms with van der Waals surface area (Å²) in [7, 11) is 1.56. The van der Waals surface area contributed by atoms with Crippen LogP contribution in [-0.2, 0) is 9.53 Å². The second-order valence-corrected chi connectivity index (χ2v) is 4.70. The predicted molar refractivity (Wildman–Crippen MR) is 72.5 cm³/mol. The Bertz CT molecular complexity index is 408. The van der Waals surface area contributed by atoms with Crippen LogP contribution in [0.3, 0.4) is 0 Å². The number of amides is 1. The number of rotatable bonds is 6. The van der Waals surface area contributed by atoms with Crippen LogP contribution in [0.4, 0.5) is 10.1 Å². The molecule has 0 heterocycles. The molecule has 18 heavy (non-hydrogen) atoms. The topological polar surface area (TPSA) is 50.4 Å². The van der Waals surface area contributed by atoms with Crippen molar-refractivity contribution in [3.05, 3.63) is 27.4 Å². The van der Waals surface area contributed by atoms with Crippen molar-refractivity contribution in [2.75, 3.05) is 32.1 Å². The number of benzene rings is 1. The molecule has 0 aliphatic carbocycles. The second-order valence-electron chi connectivity index (χ2n) is 3.44. The van der Waals surface area contributed by atoms with Gasteiger partial charge in [0.15, 0.2) is 0 Å². The van der Waals surface area contributed by atoms with Crippen LogP contribution < -0.4 is 10.6 Å². The summed E-state index contributed by atoms with van der Waals surface area (Å²) in [5, 5.41) is 5.70. The molecule has 0 fully saturated rings. The van der Waals surface area contributed by atoms with E-state index in [1.807, 2.05) is 0 Å². The van der Waals surface area contributed by atoms with Gasteiger partial charge in [0.05, 0.1) is 23.9 Å². The fourth-order valence-corrected chi connectivity index (χ4v) is 2.19. The Balaban J connectivity index is 2.51. The molecule has 1 aromatic rings. The molecule has 0 atom stereocenters. The van der Waals surface area contributed by atoms with Crippen molar-refractivity contribution in [2.45, 2.75) is 0 Å². The molecule has 100 valence electrons. The number of carbonyl (C=O) groups is 1. The zero-order chi connectivity index (χ0) is 13.5. The second kappa shape index (κ2) is 7.56. The Morgan fingerprint density at radius 2 is 2.28 bits per heavy atom. The van der Waals surface area contributed by atoms with Gasteiger partial charge in [-0.3, -0.25) is 4.79 Å². The van der Waals surface area contributed by atoms with Crippen molar-refractivity contribution < 1.29 is 13.9 Å². The van der Waals surface area contributed by atoms with Crippen molar-refractivity contribution >= 4 is 39.1 Å². The lowest BCUT2D eigenvalue weighted by atomic mass is 10.3. The number of methoxy groups -OCH3 is 1. The molecule has 7 heteroatoms. The summed E-state index contributed by atoms with van der Waals surface area (Å²) in [6.45, 7) is 0.940. The summed E-state index contributed by atoms with van der Waals surface area (Å²) in [6.07, 6.45) is 0. The van der Waals surface area contributed by atoms with E-state index in [0.717, 1.165) is 0 Å². The van der Waals surface area contributed by atoms with E-state index in [1.54, 1.807) is 7.11 Å². The van der Waals surface area contributed by atoms with E-state index >= 15 is 0 Å². The van der Waals surface area contributed by atoms with Crippen LogP contribution in [0, 0.1) is 5.82 Å². The average molecular weight is 340 g/mol. The third kappa shape index (κ3) is 4.80. The van der Waals surface area contributed by atoms with Gasteiger partial charge in [0.25, 0.3) is 0 Å². The predicted octanol–water partition coefficient (Wildman–Crippen LogP) is 2.42. The summed E-state index contributed by atoms with van der Waals surface area (Å²) in [5.74, 6) is -0.638. The van der Waals surface area contributed by atoms with Crippen LogP contribution in [-0.4, -0.2) is 32.7 Å². The average Bonchev–Trinajstić information content (AvgIpc) is 2.27. The van der Waals surface area contributed by atoms with Crippen LogP contribution in [0.5, 0.6) is 0 Å². The maximum absolute atomic E-state index is 13.0. The first-order valence-electron chi connectivity index (χ1n) is 5.18. The van der Waals surface area contributed by atoms with E-state index in [-0.39, 0.29) is 17.5 Å². The maximum atomic E-state index is 13.0. The molecule has 1 amide bonds.